The minimum Gasteiger partial charge on any atom is -0.381 e. The van der Waals surface area contributed by atoms with Crippen molar-refractivity contribution in [2.24, 2.45) is 17.6 Å². The first kappa shape index (κ1) is 14.7. The van der Waals surface area contributed by atoms with Gasteiger partial charge in [-0.25, -0.2) is 0 Å². The van der Waals surface area contributed by atoms with Crippen molar-refractivity contribution in [3.8, 4) is 0 Å². The number of nitrogens with two attached hydrogens (primary N) is 1. The number of hydrogen-bond acceptors (Lipinski definition) is 3. The van der Waals surface area contributed by atoms with Gasteiger partial charge in [0.15, 0.2) is 0 Å². The van der Waals surface area contributed by atoms with Crippen molar-refractivity contribution in [1.29, 1.82) is 0 Å². The van der Waals surface area contributed by atoms with Gasteiger partial charge in [0.25, 0.3) is 0 Å². The molecule has 1 aliphatic heterocycles. The summed E-state index contributed by atoms with van der Waals surface area (Å²) in [6.45, 7) is 4.90. The Kier molecular flexibility index (Phi) is 5.70. The number of carbonyl (C=O) groups is 1. The molecule has 1 saturated carbocycles. The van der Waals surface area contributed by atoms with Gasteiger partial charge in [0.1, 0.15) is 0 Å². The summed E-state index contributed by atoms with van der Waals surface area (Å²) in [4.78, 5) is 14.2. The molecule has 1 amide bonds. The van der Waals surface area contributed by atoms with E-state index in [2.05, 4.69) is 4.90 Å². The van der Waals surface area contributed by atoms with E-state index < -0.39 is 0 Å². The molecule has 2 unspecified atom stereocenters. The largest absolute Gasteiger partial charge is 0.381 e. The highest BCUT2D eigenvalue weighted by molar-refractivity contribution is 5.85. The van der Waals surface area contributed by atoms with Crippen LogP contribution in [-0.4, -0.2) is 43.2 Å². The SMILES string of the molecule is CC(CN)C(=O)N(CC1CCOC1)C1CC1.Cl. The third kappa shape index (κ3) is 3.83. The average Bonchev–Trinajstić information content (AvgIpc) is 3.01. The fourth-order valence-electron chi connectivity index (χ4n) is 2.19. The summed E-state index contributed by atoms with van der Waals surface area (Å²) in [5.74, 6) is 0.731. The van der Waals surface area contributed by atoms with E-state index in [1.54, 1.807) is 0 Å². The van der Waals surface area contributed by atoms with Crippen LogP contribution in [0.1, 0.15) is 26.2 Å². The molecule has 2 aliphatic rings. The van der Waals surface area contributed by atoms with E-state index in [0.717, 1.165) is 39.0 Å². The quantitative estimate of drug-likeness (QED) is 0.805. The number of hydrogen-bond donors (Lipinski definition) is 1. The average molecular weight is 263 g/mol. The molecule has 2 N–H and O–H groups in total. The lowest BCUT2D eigenvalue weighted by molar-refractivity contribution is -0.136. The van der Waals surface area contributed by atoms with Gasteiger partial charge < -0.3 is 15.4 Å². The normalized spacial score (nSPS) is 25.2. The Morgan fingerprint density at radius 1 is 1.47 bits per heavy atom. The fourth-order valence-corrected chi connectivity index (χ4v) is 2.19. The zero-order valence-electron chi connectivity index (χ0n) is 10.4. The van der Waals surface area contributed by atoms with Gasteiger partial charge in [-0.2, -0.15) is 0 Å². The van der Waals surface area contributed by atoms with E-state index in [-0.39, 0.29) is 24.2 Å². The first-order valence-electron chi connectivity index (χ1n) is 6.30. The molecule has 17 heavy (non-hydrogen) atoms. The molecule has 0 aromatic rings. The Morgan fingerprint density at radius 3 is 2.65 bits per heavy atom. The number of ether oxygens (including phenoxy) is 1. The van der Waals surface area contributed by atoms with Crippen LogP contribution in [-0.2, 0) is 9.53 Å². The molecule has 0 spiro atoms. The summed E-state index contributed by atoms with van der Waals surface area (Å²) < 4.78 is 5.36. The number of halogens is 1. The molecule has 0 bridgehead atoms. The van der Waals surface area contributed by atoms with E-state index in [1.807, 2.05) is 6.92 Å². The first-order valence-corrected chi connectivity index (χ1v) is 6.30. The Labute approximate surface area is 109 Å². The number of rotatable bonds is 5. The van der Waals surface area contributed by atoms with Gasteiger partial charge >= 0.3 is 0 Å². The van der Waals surface area contributed by atoms with Gasteiger partial charge in [-0.3, -0.25) is 4.79 Å². The molecular formula is C12H23ClN2O2. The Balaban J connectivity index is 0.00000144. The number of nitrogens with zero attached hydrogens (tertiary/aromatic N) is 1. The summed E-state index contributed by atoms with van der Waals surface area (Å²) in [5.41, 5.74) is 5.57. The second kappa shape index (κ2) is 6.57. The van der Waals surface area contributed by atoms with Gasteiger partial charge in [0.2, 0.25) is 5.91 Å². The zero-order valence-corrected chi connectivity index (χ0v) is 11.2. The van der Waals surface area contributed by atoms with Gasteiger partial charge in [-0.05, 0) is 19.3 Å². The number of carbonyl (C=O) groups excluding carboxylic acids is 1. The Morgan fingerprint density at radius 2 is 2.18 bits per heavy atom. The maximum atomic E-state index is 12.1. The highest BCUT2D eigenvalue weighted by atomic mass is 35.5. The summed E-state index contributed by atoms with van der Waals surface area (Å²) in [5, 5.41) is 0. The predicted octanol–water partition coefficient (Wildman–Crippen LogP) is 1.03. The molecule has 2 atom stereocenters. The van der Waals surface area contributed by atoms with Crippen molar-refractivity contribution < 1.29 is 9.53 Å². The van der Waals surface area contributed by atoms with Crippen molar-refractivity contribution in [3.05, 3.63) is 0 Å². The van der Waals surface area contributed by atoms with Crippen molar-refractivity contribution >= 4 is 18.3 Å². The fraction of sp³-hybridized carbons (Fsp3) is 0.917. The summed E-state index contributed by atoms with van der Waals surface area (Å²) >= 11 is 0. The van der Waals surface area contributed by atoms with Crippen LogP contribution in [0.3, 0.4) is 0 Å². The van der Waals surface area contributed by atoms with E-state index in [0.29, 0.717) is 18.5 Å². The van der Waals surface area contributed by atoms with Crippen molar-refractivity contribution in [2.75, 3.05) is 26.3 Å². The smallest absolute Gasteiger partial charge is 0.226 e. The second-order valence-corrected chi connectivity index (χ2v) is 5.09. The maximum Gasteiger partial charge on any atom is 0.226 e. The predicted molar refractivity (Wildman–Crippen MR) is 69.1 cm³/mol. The van der Waals surface area contributed by atoms with Crippen LogP contribution in [0.4, 0.5) is 0 Å². The molecule has 1 heterocycles. The monoisotopic (exact) mass is 262 g/mol. The van der Waals surface area contributed by atoms with Crippen LogP contribution in [0.15, 0.2) is 0 Å². The molecule has 4 nitrogen and oxygen atoms in total. The standard InChI is InChI=1S/C12H22N2O2.ClH/c1-9(6-13)12(15)14(11-2-3-11)7-10-4-5-16-8-10;/h9-11H,2-8,13H2,1H3;1H. The topological polar surface area (TPSA) is 55.6 Å². The van der Waals surface area contributed by atoms with Crippen LogP contribution in [0, 0.1) is 11.8 Å². The molecule has 5 heteroatoms. The molecule has 0 aromatic heterocycles. The minimum atomic E-state index is -0.0390. The lowest BCUT2D eigenvalue weighted by Crippen LogP contribution is -2.42. The van der Waals surface area contributed by atoms with Crippen LogP contribution in [0.5, 0.6) is 0 Å². The first-order chi connectivity index (χ1) is 7.72. The van der Waals surface area contributed by atoms with E-state index in [4.69, 9.17) is 10.5 Å². The number of amides is 1. The molecule has 0 radical (unpaired) electrons. The van der Waals surface area contributed by atoms with Gasteiger partial charge in [-0.1, -0.05) is 6.92 Å². The maximum absolute atomic E-state index is 12.1. The third-order valence-corrected chi connectivity index (χ3v) is 3.52. The second-order valence-electron chi connectivity index (χ2n) is 5.09. The van der Waals surface area contributed by atoms with Gasteiger partial charge in [0, 0.05) is 37.6 Å². The highest BCUT2D eigenvalue weighted by Crippen LogP contribution is 2.30. The highest BCUT2D eigenvalue weighted by Gasteiger charge is 2.35. The van der Waals surface area contributed by atoms with Crippen LogP contribution >= 0.6 is 12.4 Å². The lowest BCUT2D eigenvalue weighted by atomic mass is 10.1. The summed E-state index contributed by atoms with van der Waals surface area (Å²) in [7, 11) is 0. The van der Waals surface area contributed by atoms with E-state index >= 15 is 0 Å². The molecule has 0 aromatic carbocycles. The molecule has 100 valence electrons. The Hall–Kier alpha value is -0.320. The Bertz CT molecular complexity index is 253. The summed E-state index contributed by atoms with van der Waals surface area (Å²) in [6.07, 6.45) is 3.42. The third-order valence-electron chi connectivity index (χ3n) is 3.52. The molecule has 2 fully saturated rings. The van der Waals surface area contributed by atoms with E-state index in [1.165, 1.54) is 0 Å². The minimum absolute atomic E-state index is 0. The molecular weight excluding hydrogens is 240 g/mol. The van der Waals surface area contributed by atoms with Crippen LogP contribution < -0.4 is 5.73 Å². The van der Waals surface area contributed by atoms with Gasteiger partial charge in [-0.15, -0.1) is 12.4 Å². The van der Waals surface area contributed by atoms with Crippen LogP contribution in [0.25, 0.3) is 0 Å². The van der Waals surface area contributed by atoms with Crippen molar-refractivity contribution in [2.45, 2.75) is 32.2 Å². The van der Waals surface area contributed by atoms with Crippen molar-refractivity contribution in [3.63, 3.8) is 0 Å². The molecule has 1 aliphatic carbocycles. The zero-order chi connectivity index (χ0) is 11.5. The van der Waals surface area contributed by atoms with E-state index in [9.17, 15) is 4.79 Å². The summed E-state index contributed by atoms with van der Waals surface area (Å²) in [6, 6.07) is 0.488. The van der Waals surface area contributed by atoms with Gasteiger partial charge in [0.05, 0.1) is 6.61 Å². The lowest BCUT2D eigenvalue weighted by Gasteiger charge is -2.27. The van der Waals surface area contributed by atoms with Crippen molar-refractivity contribution in [1.82, 2.24) is 4.90 Å². The molecule has 1 saturated heterocycles. The molecule has 2 rings (SSSR count). The van der Waals surface area contributed by atoms with Crippen LogP contribution in [0.2, 0.25) is 0 Å².